The zero-order valence-corrected chi connectivity index (χ0v) is 16.1. The van der Waals surface area contributed by atoms with Gasteiger partial charge in [0.1, 0.15) is 5.82 Å². The van der Waals surface area contributed by atoms with Crippen LogP contribution in [0.25, 0.3) is 0 Å². The Bertz CT molecular complexity index is 723. The number of rotatable bonds is 7. The number of piperidine rings is 1. The van der Waals surface area contributed by atoms with Crippen LogP contribution < -0.4 is 15.5 Å². The van der Waals surface area contributed by atoms with Crippen molar-refractivity contribution < 1.29 is 9.53 Å². The molecule has 1 saturated heterocycles. The van der Waals surface area contributed by atoms with Crippen LogP contribution in [0.3, 0.4) is 0 Å². The van der Waals surface area contributed by atoms with E-state index in [-0.39, 0.29) is 5.91 Å². The minimum atomic E-state index is -0.147. The molecule has 0 saturated carbocycles. The lowest BCUT2D eigenvalue weighted by Crippen LogP contribution is -2.32. The smallest absolute Gasteiger partial charge is 0.252 e. The summed E-state index contributed by atoms with van der Waals surface area (Å²) < 4.78 is 4.92. The van der Waals surface area contributed by atoms with Crippen LogP contribution in [-0.4, -0.2) is 44.2 Å². The fraction of sp³-hybridized carbons (Fsp3) is 0.429. The van der Waals surface area contributed by atoms with E-state index in [4.69, 9.17) is 4.74 Å². The van der Waals surface area contributed by atoms with Crippen LogP contribution in [0.4, 0.5) is 17.2 Å². The molecular formula is C21H28N4O2. The van der Waals surface area contributed by atoms with Gasteiger partial charge in [0.15, 0.2) is 0 Å². The minimum Gasteiger partial charge on any atom is -0.383 e. The maximum Gasteiger partial charge on any atom is 0.252 e. The number of hydrogen-bond acceptors (Lipinski definition) is 5. The number of pyridine rings is 1. The molecule has 0 atom stereocenters. The number of methoxy groups -OCH3 is 1. The third kappa shape index (κ3) is 5.44. The third-order valence-corrected chi connectivity index (χ3v) is 4.91. The van der Waals surface area contributed by atoms with Gasteiger partial charge in [-0.25, -0.2) is 4.98 Å². The molecule has 0 unspecified atom stereocenters. The van der Waals surface area contributed by atoms with E-state index in [1.54, 1.807) is 19.4 Å². The normalized spacial score (nSPS) is 14.8. The molecule has 1 aliphatic heterocycles. The summed E-state index contributed by atoms with van der Waals surface area (Å²) in [5, 5.41) is 6.06. The van der Waals surface area contributed by atoms with Crippen LogP contribution >= 0.6 is 0 Å². The second kappa shape index (κ2) is 9.37. The molecule has 0 radical (unpaired) electrons. The van der Waals surface area contributed by atoms with E-state index in [0.29, 0.717) is 24.5 Å². The Morgan fingerprint density at radius 2 is 1.93 bits per heavy atom. The molecule has 0 aliphatic carbocycles. The fourth-order valence-corrected chi connectivity index (χ4v) is 3.14. The summed E-state index contributed by atoms with van der Waals surface area (Å²) in [7, 11) is 1.60. The standard InChI is InChI=1S/C21H28N4O2/c1-16-9-12-25(13-10-16)19-6-4-18(5-7-19)24-20-8-3-17(15-23-20)21(26)22-11-14-27-2/h3-8,15-16H,9-14H2,1-2H3,(H,22,26)(H,23,24). The van der Waals surface area contributed by atoms with Crippen molar-refractivity contribution in [1.29, 1.82) is 0 Å². The highest BCUT2D eigenvalue weighted by Gasteiger charge is 2.15. The van der Waals surface area contributed by atoms with Gasteiger partial charge in [0.25, 0.3) is 5.91 Å². The number of carbonyl (C=O) groups excluding carboxylic acids is 1. The van der Waals surface area contributed by atoms with Gasteiger partial charge in [-0.3, -0.25) is 4.79 Å². The molecule has 6 nitrogen and oxygen atoms in total. The van der Waals surface area contributed by atoms with E-state index in [1.165, 1.54) is 18.5 Å². The molecule has 2 N–H and O–H groups in total. The van der Waals surface area contributed by atoms with Crippen molar-refractivity contribution >= 4 is 23.1 Å². The van der Waals surface area contributed by atoms with Crippen molar-refractivity contribution in [3.63, 3.8) is 0 Å². The van der Waals surface area contributed by atoms with Crippen molar-refractivity contribution in [1.82, 2.24) is 10.3 Å². The van der Waals surface area contributed by atoms with Gasteiger partial charge < -0.3 is 20.3 Å². The summed E-state index contributed by atoms with van der Waals surface area (Å²) >= 11 is 0. The minimum absolute atomic E-state index is 0.147. The summed E-state index contributed by atoms with van der Waals surface area (Å²) in [6.45, 7) is 5.56. The highest BCUT2D eigenvalue weighted by atomic mass is 16.5. The number of ether oxygens (including phenoxy) is 1. The summed E-state index contributed by atoms with van der Waals surface area (Å²) in [6.07, 6.45) is 4.10. The Morgan fingerprint density at radius 3 is 2.56 bits per heavy atom. The summed E-state index contributed by atoms with van der Waals surface area (Å²) in [6, 6.07) is 12.0. The van der Waals surface area contributed by atoms with Crippen molar-refractivity contribution in [3.8, 4) is 0 Å². The first-order valence-electron chi connectivity index (χ1n) is 9.51. The quantitative estimate of drug-likeness (QED) is 0.733. The first-order chi connectivity index (χ1) is 13.2. The lowest BCUT2D eigenvalue weighted by atomic mass is 9.99. The topological polar surface area (TPSA) is 66.5 Å². The van der Waals surface area contributed by atoms with E-state index >= 15 is 0 Å². The largest absolute Gasteiger partial charge is 0.383 e. The summed E-state index contributed by atoms with van der Waals surface area (Å²) in [5.41, 5.74) is 2.78. The Labute approximate surface area is 160 Å². The monoisotopic (exact) mass is 368 g/mol. The average Bonchev–Trinajstić information content (AvgIpc) is 2.70. The Kier molecular flexibility index (Phi) is 6.65. The molecule has 0 bridgehead atoms. The first-order valence-corrected chi connectivity index (χ1v) is 9.51. The number of nitrogens with one attached hydrogen (secondary N) is 2. The maximum absolute atomic E-state index is 12.0. The zero-order valence-electron chi connectivity index (χ0n) is 16.1. The molecular weight excluding hydrogens is 340 g/mol. The lowest BCUT2D eigenvalue weighted by Gasteiger charge is -2.32. The second-order valence-electron chi connectivity index (χ2n) is 7.02. The molecule has 1 amide bonds. The van der Waals surface area contributed by atoms with Gasteiger partial charge in [-0.2, -0.15) is 0 Å². The van der Waals surface area contributed by atoms with Gasteiger partial charge >= 0.3 is 0 Å². The van der Waals surface area contributed by atoms with Crippen LogP contribution in [0.5, 0.6) is 0 Å². The van der Waals surface area contributed by atoms with Crippen LogP contribution in [-0.2, 0) is 4.74 Å². The predicted octanol–water partition coefficient (Wildman–Crippen LogP) is 3.44. The molecule has 1 aromatic heterocycles. The molecule has 6 heteroatoms. The van der Waals surface area contributed by atoms with Gasteiger partial charge in [-0.05, 0) is 55.2 Å². The lowest BCUT2D eigenvalue weighted by molar-refractivity contribution is 0.0937. The van der Waals surface area contributed by atoms with Gasteiger partial charge in [0.2, 0.25) is 0 Å². The van der Waals surface area contributed by atoms with Gasteiger partial charge in [-0.1, -0.05) is 6.92 Å². The molecule has 27 heavy (non-hydrogen) atoms. The van der Waals surface area contributed by atoms with E-state index in [0.717, 1.165) is 24.7 Å². The Morgan fingerprint density at radius 1 is 1.19 bits per heavy atom. The number of nitrogens with zero attached hydrogens (tertiary/aromatic N) is 2. The third-order valence-electron chi connectivity index (χ3n) is 4.91. The molecule has 1 fully saturated rings. The van der Waals surface area contributed by atoms with E-state index in [9.17, 15) is 4.79 Å². The van der Waals surface area contributed by atoms with Crippen LogP contribution in [0.15, 0.2) is 42.6 Å². The number of carbonyl (C=O) groups is 1. The van der Waals surface area contributed by atoms with Crippen LogP contribution in [0.1, 0.15) is 30.1 Å². The molecule has 3 rings (SSSR count). The average molecular weight is 368 g/mol. The molecule has 1 aliphatic rings. The van der Waals surface area contributed by atoms with Crippen molar-refractivity contribution in [2.45, 2.75) is 19.8 Å². The predicted molar refractivity (Wildman–Crippen MR) is 109 cm³/mol. The van der Waals surface area contributed by atoms with E-state index in [1.807, 2.05) is 6.07 Å². The number of hydrogen-bond donors (Lipinski definition) is 2. The Hall–Kier alpha value is -2.60. The molecule has 0 spiro atoms. The number of benzene rings is 1. The summed E-state index contributed by atoms with van der Waals surface area (Å²) in [5.74, 6) is 1.40. The number of amides is 1. The van der Waals surface area contributed by atoms with E-state index < -0.39 is 0 Å². The SMILES string of the molecule is COCCNC(=O)c1ccc(Nc2ccc(N3CCC(C)CC3)cc2)nc1. The van der Waals surface area contributed by atoms with Crippen molar-refractivity contribution in [2.24, 2.45) is 5.92 Å². The number of aromatic nitrogens is 1. The second-order valence-corrected chi connectivity index (χ2v) is 7.02. The molecule has 2 aromatic rings. The molecule has 144 valence electrons. The van der Waals surface area contributed by atoms with Crippen LogP contribution in [0, 0.1) is 5.92 Å². The molecule has 1 aromatic carbocycles. The number of anilines is 3. The highest BCUT2D eigenvalue weighted by molar-refractivity contribution is 5.94. The highest BCUT2D eigenvalue weighted by Crippen LogP contribution is 2.25. The summed E-state index contributed by atoms with van der Waals surface area (Å²) in [4.78, 5) is 18.7. The van der Waals surface area contributed by atoms with Gasteiger partial charge in [0, 0.05) is 44.3 Å². The van der Waals surface area contributed by atoms with Gasteiger partial charge in [0.05, 0.1) is 12.2 Å². The first kappa shape index (κ1) is 19.2. The van der Waals surface area contributed by atoms with Crippen LogP contribution in [0.2, 0.25) is 0 Å². The zero-order chi connectivity index (χ0) is 19.1. The molecule has 2 heterocycles. The Balaban J connectivity index is 1.55. The van der Waals surface area contributed by atoms with Crippen molar-refractivity contribution in [2.75, 3.05) is 43.6 Å². The maximum atomic E-state index is 12.0. The van der Waals surface area contributed by atoms with Crippen molar-refractivity contribution in [3.05, 3.63) is 48.2 Å². The van der Waals surface area contributed by atoms with Gasteiger partial charge in [-0.15, -0.1) is 0 Å². The fourth-order valence-electron chi connectivity index (χ4n) is 3.14. The van der Waals surface area contributed by atoms with E-state index in [2.05, 4.69) is 51.7 Å².